The smallest absolute Gasteiger partial charge is 0.265 e. The lowest BCUT2D eigenvalue weighted by Crippen LogP contribution is -2.23. The molecule has 0 N–H and O–H groups in total. The molecule has 0 aliphatic carbocycles. The van der Waals surface area contributed by atoms with Gasteiger partial charge in [-0.15, -0.1) is 4.52 Å². The Hall–Kier alpha value is -1.06. The van der Waals surface area contributed by atoms with E-state index in [0.717, 1.165) is 12.2 Å². The third-order valence-electron chi connectivity index (χ3n) is 1.25. The van der Waals surface area contributed by atoms with E-state index in [9.17, 15) is 14.2 Å². The van der Waals surface area contributed by atoms with Crippen LogP contribution in [0.1, 0.15) is 13.8 Å². The van der Waals surface area contributed by atoms with Gasteiger partial charge in [0.1, 0.15) is 6.10 Å². The molecule has 1 aliphatic rings. The van der Waals surface area contributed by atoms with Gasteiger partial charge in [0.2, 0.25) is 0 Å². The number of imide groups is 1. The minimum absolute atomic E-state index is 0.287. The molecule has 0 aromatic rings. The molecule has 0 aromatic heterocycles. The van der Waals surface area contributed by atoms with E-state index in [0.29, 0.717) is 4.67 Å². The first kappa shape index (κ1) is 10.0. The Balaban J connectivity index is 2.68. The van der Waals surface area contributed by atoms with E-state index in [1.807, 2.05) is 0 Å². The number of carbonyl (C=O) groups is 2. The molecule has 1 unspecified atom stereocenters. The molecule has 5 nitrogen and oxygen atoms in total. The fraction of sp³-hybridized carbons (Fsp3) is 0.429. The van der Waals surface area contributed by atoms with Gasteiger partial charge in [-0.1, -0.05) is 0 Å². The molecule has 2 amide bonds. The van der Waals surface area contributed by atoms with Gasteiger partial charge in [0.15, 0.2) is 0 Å². The molecule has 13 heavy (non-hydrogen) atoms. The van der Waals surface area contributed by atoms with E-state index in [-0.39, 0.29) is 6.10 Å². The normalized spacial score (nSPS) is 17.5. The van der Waals surface area contributed by atoms with E-state index >= 15 is 0 Å². The van der Waals surface area contributed by atoms with Crippen molar-refractivity contribution in [3.05, 3.63) is 12.2 Å². The number of hydrogen-bond acceptors (Lipinski definition) is 4. The molecule has 0 spiro atoms. The monoisotopic (exact) mass is 202 g/mol. The van der Waals surface area contributed by atoms with Crippen molar-refractivity contribution in [3.8, 4) is 0 Å². The Morgan fingerprint density at radius 1 is 1.31 bits per heavy atom. The second-order valence-corrected chi connectivity index (χ2v) is 3.80. The van der Waals surface area contributed by atoms with Crippen molar-refractivity contribution >= 4 is 20.0 Å². The number of rotatable bonds is 3. The van der Waals surface area contributed by atoms with Gasteiger partial charge in [0, 0.05) is 12.2 Å². The van der Waals surface area contributed by atoms with Crippen LogP contribution in [-0.2, 0) is 18.7 Å². The zero-order chi connectivity index (χ0) is 10.0. The highest BCUT2D eigenvalue weighted by atomic mass is 31.1. The highest BCUT2D eigenvalue weighted by Gasteiger charge is 2.43. The van der Waals surface area contributed by atoms with E-state index in [2.05, 4.69) is 0 Å². The van der Waals surface area contributed by atoms with Crippen LogP contribution in [0.5, 0.6) is 0 Å². The summed E-state index contributed by atoms with van der Waals surface area (Å²) in [4.78, 5) is 21.9. The lowest BCUT2D eigenvalue weighted by atomic mass is 10.5. The molecule has 0 saturated carbocycles. The maximum Gasteiger partial charge on any atom is 0.657 e. The van der Waals surface area contributed by atoms with E-state index in [1.165, 1.54) is 0 Å². The number of carbonyl (C=O) groups excluding carboxylic acids is 2. The summed E-state index contributed by atoms with van der Waals surface area (Å²) < 4.78 is 16.7. The van der Waals surface area contributed by atoms with Gasteiger partial charge in [0.05, 0.1) is 0 Å². The molecule has 70 valence electrons. The summed E-state index contributed by atoms with van der Waals surface area (Å²) in [5.41, 5.74) is 0. The third-order valence-corrected chi connectivity index (χ3v) is 2.57. The Kier molecular flexibility index (Phi) is 2.90. The van der Waals surface area contributed by atoms with Gasteiger partial charge in [0.25, 0.3) is 11.8 Å². The lowest BCUT2D eigenvalue weighted by molar-refractivity contribution is -0.131. The van der Waals surface area contributed by atoms with Crippen molar-refractivity contribution in [2.75, 3.05) is 0 Å². The second kappa shape index (κ2) is 3.77. The van der Waals surface area contributed by atoms with Crippen LogP contribution in [0.3, 0.4) is 0 Å². The highest BCUT2D eigenvalue weighted by molar-refractivity contribution is 7.38. The molecule has 0 radical (unpaired) electrons. The number of amides is 2. The Labute approximate surface area is 76.3 Å². The van der Waals surface area contributed by atoms with Crippen molar-refractivity contribution < 1.29 is 18.7 Å². The van der Waals surface area contributed by atoms with Crippen LogP contribution in [0.25, 0.3) is 0 Å². The zero-order valence-electron chi connectivity index (χ0n) is 7.26. The topological polar surface area (TPSA) is 63.7 Å². The molecule has 0 saturated heterocycles. The van der Waals surface area contributed by atoms with Gasteiger partial charge in [-0.05, 0) is 23.1 Å². The van der Waals surface area contributed by atoms with E-state index in [1.54, 1.807) is 13.8 Å². The minimum atomic E-state index is -2.38. The largest absolute Gasteiger partial charge is 0.657 e. The first-order valence-electron chi connectivity index (χ1n) is 3.72. The molecule has 1 atom stereocenters. The fourth-order valence-electron chi connectivity index (χ4n) is 0.781. The summed E-state index contributed by atoms with van der Waals surface area (Å²) >= 11 is 0. The van der Waals surface area contributed by atoms with Crippen LogP contribution in [-0.4, -0.2) is 22.6 Å². The maximum atomic E-state index is 11.2. The van der Waals surface area contributed by atoms with Crippen molar-refractivity contribution in [2.24, 2.45) is 0 Å². The highest BCUT2D eigenvalue weighted by Crippen LogP contribution is 2.32. The molecule has 0 bridgehead atoms. The van der Waals surface area contributed by atoms with E-state index in [4.69, 9.17) is 4.52 Å². The SMILES string of the molecule is CC(C)O[P+](=O)N1C(=O)C=CC1=O. The Morgan fingerprint density at radius 3 is 2.15 bits per heavy atom. The Bertz CT molecular complexity index is 279. The van der Waals surface area contributed by atoms with Crippen molar-refractivity contribution in [1.82, 2.24) is 4.67 Å². The van der Waals surface area contributed by atoms with E-state index < -0.39 is 20.0 Å². The second-order valence-electron chi connectivity index (χ2n) is 2.71. The van der Waals surface area contributed by atoms with Crippen molar-refractivity contribution in [2.45, 2.75) is 20.0 Å². The average molecular weight is 202 g/mol. The van der Waals surface area contributed by atoms with Crippen LogP contribution >= 0.6 is 8.18 Å². The number of nitrogens with zero attached hydrogens (tertiary/aromatic N) is 1. The van der Waals surface area contributed by atoms with Crippen molar-refractivity contribution in [1.29, 1.82) is 0 Å². The molecular formula is C7H9NO4P+. The van der Waals surface area contributed by atoms with Crippen LogP contribution < -0.4 is 0 Å². The van der Waals surface area contributed by atoms with Crippen molar-refractivity contribution in [3.63, 3.8) is 0 Å². The van der Waals surface area contributed by atoms with Crippen LogP contribution in [0.15, 0.2) is 12.2 Å². The van der Waals surface area contributed by atoms with Crippen LogP contribution in [0.2, 0.25) is 0 Å². The van der Waals surface area contributed by atoms with Gasteiger partial charge >= 0.3 is 8.18 Å². The summed E-state index contributed by atoms with van der Waals surface area (Å²) in [7, 11) is -2.38. The summed E-state index contributed by atoms with van der Waals surface area (Å²) in [5, 5.41) is 0. The molecule has 1 rings (SSSR count). The van der Waals surface area contributed by atoms with Gasteiger partial charge in [-0.25, -0.2) is 0 Å². The molecule has 0 fully saturated rings. The van der Waals surface area contributed by atoms with Crippen LogP contribution in [0, 0.1) is 0 Å². The van der Waals surface area contributed by atoms with Crippen LogP contribution in [0.4, 0.5) is 0 Å². The predicted molar refractivity (Wildman–Crippen MR) is 44.8 cm³/mol. The lowest BCUT2D eigenvalue weighted by Gasteiger charge is -1.99. The predicted octanol–water partition coefficient (Wildman–Crippen LogP) is 0.994. The molecular weight excluding hydrogens is 193 g/mol. The zero-order valence-corrected chi connectivity index (χ0v) is 8.15. The quantitative estimate of drug-likeness (QED) is 0.505. The molecule has 0 aromatic carbocycles. The molecule has 1 heterocycles. The first-order valence-corrected chi connectivity index (χ1v) is 4.85. The minimum Gasteiger partial charge on any atom is -0.265 e. The molecule has 1 aliphatic heterocycles. The average Bonchev–Trinajstić information content (AvgIpc) is 2.29. The maximum absolute atomic E-state index is 11.2. The van der Waals surface area contributed by atoms with Gasteiger partial charge in [-0.2, -0.15) is 0 Å². The first-order chi connectivity index (χ1) is 6.02. The summed E-state index contributed by atoms with van der Waals surface area (Å²) in [5.74, 6) is -1.18. The summed E-state index contributed by atoms with van der Waals surface area (Å²) in [6.45, 7) is 3.34. The standard InChI is InChI=1S/C7H9NO4P/c1-5(2)12-13(11)8-6(9)3-4-7(8)10/h3-5H,1-2H3/q+1. The summed E-state index contributed by atoms with van der Waals surface area (Å²) in [6, 6.07) is 0. The summed E-state index contributed by atoms with van der Waals surface area (Å²) in [6.07, 6.45) is 1.85. The number of hydrogen-bond donors (Lipinski definition) is 0. The van der Waals surface area contributed by atoms with Gasteiger partial charge < -0.3 is 0 Å². The fourth-order valence-corrected chi connectivity index (χ4v) is 1.69. The third kappa shape index (κ3) is 2.20. The van der Waals surface area contributed by atoms with Gasteiger partial charge in [-0.3, -0.25) is 9.59 Å². The molecule has 6 heteroatoms. The Morgan fingerprint density at radius 2 is 1.77 bits per heavy atom.